The molecular weight excluding hydrogens is 422 g/mol. The molecule has 0 radical (unpaired) electrons. The highest BCUT2D eigenvalue weighted by atomic mass is 35.5. The molecule has 0 saturated carbocycles. The lowest BCUT2D eigenvalue weighted by Gasteiger charge is -2.47. The number of likely N-dealkylation sites (tertiary alicyclic amines) is 1. The van der Waals surface area contributed by atoms with Crippen molar-refractivity contribution >= 4 is 29.2 Å². The Labute approximate surface area is 188 Å². The van der Waals surface area contributed by atoms with Crippen LogP contribution in [0, 0.1) is 10.1 Å². The number of aromatic nitrogens is 1. The molecule has 2 aliphatic heterocycles. The molecule has 0 aliphatic carbocycles. The van der Waals surface area contributed by atoms with Gasteiger partial charge >= 0.3 is 6.09 Å². The van der Waals surface area contributed by atoms with Gasteiger partial charge in [0.1, 0.15) is 17.6 Å². The summed E-state index contributed by atoms with van der Waals surface area (Å²) in [6.45, 7) is 11.6. The quantitative estimate of drug-likeness (QED) is 0.503. The molecule has 10 heteroatoms. The molecule has 0 bridgehead atoms. The van der Waals surface area contributed by atoms with Crippen molar-refractivity contribution in [2.24, 2.45) is 0 Å². The van der Waals surface area contributed by atoms with Crippen LogP contribution in [0.15, 0.2) is 12.3 Å². The van der Waals surface area contributed by atoms with E-state index in [-0.39, 0.29) is 11.8 Å². The van der Waals surface area contributed by atoms with E-state index >= 15 is 0 Å². The third-order valence-corrected chi connectivity index (χ3v) is 6.18. The summed E-state index contributed by atoms with van der Waals surface area (Å²) >= 11 is 6.30. The average Bonchev–Trinajstić information content (AvgIpc) is 2.72. The predicted molar refractivity (Wildman–Crippen MR) is 120 cm³/mol. The van der Waals surface area contributed by atoms with E-state index in [0.717, 1.165) is 38.9 Å². The van der Waals surface area contributed by atoms with Crippen LogP contribution < -0.4 is 4.90 Å². The van der Waals surface area contributed by atoms with Gasteiger partial charge < -0.3 is 14.5 Å². The summed E-state index contributed by atoms with van der Waals surface area (Å²) in [5.41, 5.74) is -0.582. The minimum Gasteiger partial charge on any atom is -0.444 e. The number of anilines is 1. The topological polar surface area (TPSA) is 92.0 Å². The van der Waals surface area contributed by atoms with Crippen LogP contribution in [-0.4, -0.2) is 76.2 Å². The summed E-state index contributed by atoms with van der Waals surface area (Å²) < 4.78 is 5.50. The highest BCUT2D eigenvalue weighted by Crippen LogP contribution is 2.31. The second kappa shape index (κ2) is 9.56. The first-order valence-corrected chi connectivity index (χ1v) is 11.3. The lowest BCUT2D eigenvalue weighted by atomic mass is 9.98. The zero-order valence-corrected chi connectivity index (χ0v) is 19.5. The molecule has 2 saturated heterocycles. The number of nitrogens with zero attached hydrogens (tertiary/aromatic N) is 5. The van der Waals surface area contributed by atoms with Crippen LogP contribution in [0.3, 0.4) is 0 Å². The first-order chi connectivity index (χ1) is 14.6. The Morgan fingerprint density at radius 3 is 2.52 bits per heavy atom. The van der Waals surface area contributed by atoms with Gasteiger partial charge in [-0.25, -0.2) is 9.78 Å². The number of piperidine rings is 1. The Morgan fingerprint density at radius 1 is 1.29 bits per heavy atom. The SMILES string of the molecule is CC[C@H]1CN(c2ncc([N+](=O)[O-])cc2Cl)CCN1C1CCN(C(=O)OC(C)(C)C)CC1. The third-order valence-electron chi connectivity index (χ3n) is 5.90. The summed E-state index contributed by atoms with van der Waals surface area (Å²) in [6, 6.07) is 2.12. The molecule has 0 unspecified atom stereocenters. The fourth-order valence-corrected chi connectivity index (χ4v) is 4.65. The van der Waals surface area contributed by atoms with Crippen LogP contribution in [0.2, 0.25) is 5.02 Å². The molecule has 0 aromatic carbocycles. The molecule has 1 aromatic rings. The lowest BCUT2D eigenvalue weighted by molar-refractivity contribution is -0.385. The Hall–Kier alpha value is -2.13. The molecule has 2 aliphatic rings. The zero-order valence-electron chi connectivity index (χ0n) is 18.7. The zero-order chi connectivity index (χ0) is 22.8. The summed E-state index contributed by atoms with van der Waals surface area (Å²) in [4.78, 5) is 33.5. The largest absolute Gasteiger partial charge is 0.444 e. The van der Waals surface area contributed by atoms with Gasteiger partial charge in [-0.2, -0.15) is 0 Å². The van der Waals surface area contributed by atoms with Gasteiger partial charge in [-0.15, -0.1) is 0 Å². The average molecular weight is 454 g/mol. The maximum atomic E-state index is 12.3. The Morgan fingerprint density at radius 2 is 1.97 bits per heavy atom. The maximum Gasteiger partial charge on any atom is 0.410 e. The second-order valence-corrected chi connectivity index (χ2v) is 9.61. The van der Waals surface area contributed by atoms with Gasteiger partial charge in [0.05, 0.1) is 9.95 Å². The molecule has 3 rings (SSSR count). The van der Waals surface area contributed by atoms with Crippen LogP contribution >= 0.6 is 11.6 Å². The van der Waals surface area contributed by atoms with Gasteiger partial charge in [0.2, 0.25) is 0 Å². The van der Waals surface area contributed by atoms with Crippen molar-refractivity contribution in [3.8, 4) is 0 Å². The summed E-state index contributed by atoms with van der Waals surface area (Å²) in [5, 5.41) is 11.3. The number of carbonyl (C=O) groups is 1. The number of nitro groups is 1. The molecule has 0 N–H and O–H groups in total. The van der Waals surface area contributed by atoms with E-state index < -0.39 is 10.5 Å². The van der Waals surface area contributed by atoms with Gasteiger partial charge in [0.25, 0.3) is 5.69 Å². The molecule has 2 fully saturated rings. The molecule has 3 heterocycles. The Kier molecular flexibility index (Phi) is 7.26. The standard InChI is InChI=1S/C21H32ClN5O4/c1-5-15-14-25(19-18(22)12-17(13-23-19)27(29)30)10-11-26(15)16-6-8-24(9-7-16)20(28)31-21(2,3)4/h12-13,15-16H,5-11,14H2,1-4H3/t15-/m0/s1. The third kappa shape index (κ3) is 5.77. The van der Waals surface area contributed by atoms with Crippen LogP contribution in [-0.2, 0) is 4.74 Å². The van der Waals surface area contributed by atoms with E-state index in [4.69, 9.17) is 16.3 Å². The van der Waals surface area contributed by atoms with E-state index in [0.29, 0.717) is 36.0 Å². The number of pyridine rings is 1. The molecule has 9 nitrogen and oxygen atoms in total. The van der Waals surface area contributed by atoms with Gasteiger partial charge in [0, 0.05) is 50.9 Å². The number of halogens is 1. The number of carbonyl (C=O) groups excluding carboxylic acids is 1. The van der Waals surface area contributed by atoms with Crippen LogP contribution in [0.25, 0.3) is 0 Å². The van der Waals surface area contributed by atoms with Crippen molar-refractivity contribution < 1.29 is 14.5 Å². The number of ether oxygens (including phenoxy) is 1. The molecule has 1 atom stereocenters. The van der Waals surface area contributed by atoms with Crippen LogP contribution in [0.5, 0.6) is 0 Å². The number of hydrogen-bond acceptors (Lipinski definition) is 7. The van der Waals surface area contributed by atoms with Gasteiger partial charge in [-0.05, 0) is 40.0 Å². The van der Waals surface area contributed by atoms with E-state index in [1.807, 2.05) is 20.8 Å². The number of amides is 1. The fraction of sp³-hybridized carbons (Fsp3) is 0.714. The highest BCUT2D eigenvalue weighted by Gasteiger charge is 2.35. The minimum atomic E-state index is -0.487. The number of piperazine rings is 1. The van der Waals surface area contributed by atoms with Crippen molar-refractivity contribution in [3.63, 3.8) is 0 Å². The van der Waals surface area contributed by atoms with Crippen LogP contribution in [0.4, 0.5) is 16.3 Å². The van der Waals surface area contributed by atoms with E-state index in [2.05, 4.69) is 21.7 Å². The molecule has 1 aromatic heterocycles. The minimum absolute atomic E-state index is 0.101. The highest BCUT2D eigenvalue weighted by molar-refractivity contribution is 6.33. The fourth-order valence-electron chi connectivity index (χ4n) is 4.37. The van der Waals surface area contributed by atoms with Gasteiger partial charge in [-0.3, -0.25) is 15.0 Å². The summed E-state index contributed by atoms with van der Waals surface area (Å²) in [6.07, 6.45) is 3.86. The summed E-state index contributed by atoms with van der Waals surface area (Å²) in [7, 11) is 0. The van der Waals surface area contributed by atoms with Crippen molar-refractivity contribution in [2.75, 3.05) is 37.6 Å². The van der Waals surface area contributed by atoms with Gasteiger partial charge in [-0.1, -0.05) is 18.5 Å². The predicted octanol–water partition coefficient (Wildman–Crippen LogP) is 3.94. The number of rotatable bonds is 4. The normalized spacial score (nSPS) is 21.3. The Bertz CT molecular complexity index is 807. The maximum absolute atomic E-state index is 12.3. The van der Waals surface area contributed by atoms with E-state index in [1.54, 1.807) is 4.90 Å². The monoisotopic (exact) mass is 453 g/mol. The van der Waals surface area contributed by atoms with Crippen molar-refractivity contribution in [1.29, 1.82) is 0 Å². The molecular formula is C21H32ClN5O4. The van der Waals surface area contributed by atoms with E-state index in [1.165, 1.54) is 12.3 Å². The smallest absolute Gasteiger partial charge is 0.410 e. The van der Waals surface area contributed by atoms with Crippen molar-refractivity contribution in [1.82, 2.24) is 14.8 Å². The molecule has 1 amide bonds. The molecule has 0 spiro atoms. The first kappa shape index (κ1) is 23.5. The summed E-state index contributed by atoms with van der Waals surface area (Å²) in [5.74, 6) is 0.602. The van der Waals surface area contributed by atoms with Crippen LogP contribution in [0.1, 0.15) is 47.0 Å². The van der Waals surface area contributed by atoms with Gasteiger partial charge in [0.15, 0.2) is 0 Å². The van der Waals surface area contributed by atoms with Crippen molar-refractivity contribution in [3.05, 3.63) is 27.4 Å². The number of hydrogen-bond donors (Lipinski definition) is 0. The lowest BCUT2D eigenvalue weighted by Crippen LogP contribution is -2.59. The second-order valence-electron chi connectivity index (χ2n) is 9.20. The Balaban J connectivity index is 1.60. The first-order valence-electron chi connectivity index (χ1n) is 10.9. The van der Waals surface area contributed by atoms with E-state index in [9.17, 15) is 14.9 Å². The molecule has 172 valence electrons. The molecule has 31 heavy (non-hydrogen) atoms. The van der Waals surface area contributed by atoms with Crippen molar-refractivity contribution in [2.45, 2.75) is 64.6 Å².